The quantitative estimate of drug-likeness (QED) is 0.569. The lowest BCUT2D eigenvalue weighted by Crippen LogP contribution is -2.39. The molecule has 0 fully saturated rings. The molecule has 2 aromatic rings. The van der Waals surface area contributed by atoms with Gasteiger partial charge in [-0.1, -0.05) is 76.2 Å². The number of amides is 1. The van der Waals surface area contributed by atoms with Crippen molar-refractivity contribution in [1.29, 1.82) is 0 Å². The molecule has 2 nitrogen and oxygen atoms in total. The van der Waals surface area contributed by atoms with Gasteiger partial charge in [-0.2, -0.15) is 0 Å². The highest BCUT2D eigenvalue weighted by Gasteiger charge is 2.27. The van der Waals surface area contributed by atoms with Gasteiger partial charge in [0.05, 0.1) is 0 Å². The second kappa shape index (κ2) is 9.67. The van der Waals surface area contributed by atoms with Gasteiger partial charge in [0.15, 0.2) is 0 Å². The number of nitrogens with zero attached hydrogens (tertiary/aromatic N) is 1. The molecule has 2 rings (SSSR count). The predicted molar refractivity (Wildman–Crippen MR) is 108 cm³/mol. The molecule has 134 valence electrons. The van der Waals surface area contributed by atoms with Crippen LogP contribution in [0.4, 0.5) is 0 Å². The second-order valence-electron chi connectivity index (χ2n) is 7.25. The molecule has 0 aliphatic carbocycles. The fourth-order valence-corrected chi connectivity index (χ4v) is 3.96. The third-order valence-corrected chi connectivity index (χ3v) is 5.06. The summed E-state index contributed by atoms with van der Waals surface area (Å²) in [4.78, 5) is 16.6. The highest BCUT2D eigenvalue weighted by atomic mass is 32.2. The lowest BCUT2D eigenvalue weighted by molar-refractivity contribution is -0.131. The minimum Gasteiger partial charge on any atom is -0.341 e. The van der Waals surface area contributed by atoms with Gasteiger partial charge in [0.25, 0.3) is 0 Å². The van der Waals surface area contributed by atoms with Gasteiger partial charge >= 0.3 is 0 Å². The highest BCUT2D eigenvalue weighted by molar-refractivity contribution is 8.00. The van der Waals surface area contributed by atoms with Crippen molar-refractivity contribution < 1.29 is 4.79 Å². The standard InChI is InChI=1S/C22H29NOS/c1-17(2)15-23(16-18(3)4)22(24)21(19-11-7-5-8-12-19)25-20-13-9-6-10-14-20/h5-14,17-18,21H,15-16H2,1-4H3/t21-/m1/s1. The lowest BCUT2D eigenvalue weighted by Gasteiger charge is -2.30. The number of carbonyl (C=O) groups is 1. The van der Waals surface area contributed by atoms with E-state index in [0.717, 1.165) is 23.5 Å². The van der Waals surface area contributed by atoms with Gasteiger partial charge in [0.1, 0.15) is 5.25 Å². The molecule has 2 aromatic carbocycles. The largest absolute Gasteiger partial charge is 0.341 e. The van der Waals surface area contributed by atoms with E-state index in [1.54, 1.807) is 11.8 Å². The molecule has 0 unspecified atom stereocenters. The summed E-state index contributed by atoms with van der Waals surface area (Å²) in [6.45, 7) is 10.3. The summed E-state index contributed by atoms with van der Waals surface area (Å²) in [6, 6.07) is 20.3. The summed E-state index contributed by atoms with van der Waals surface area (Å²) < 4.78 is 0. The first-order valence-electron chi connectivity index (χ1n) is 9.02. The van der Waals surface area contributed by atoms with E-state index < -0.39 is 0 Å². The Hall–Kier alpha value is -1.74. The van der Waals surface area contributed by atoms with Crippen molar-refractivity contribution in [3.8, 4) is 0 Å². The van der Waals surface area contributed by atoms with Gasteiger partial charge in [0, 0.05) is 18.0 Å². The van der Waals surface area contributed by atoms with Crippen molar-refractivity contribution >= 4 is 17.7 Å². The average Bonchev–Trinajstić information content (AvgIpc) is 2.59. The van der Waals surface area contributed by atoms with Crippen molar-refractivity contribution in [1.82, 2.24) is 4.90 Å². The minimum atomic E-state index is -0.207. The first-order valence-corrected chi connectivity index (χ1v) is 9.90. The zero-order valence-electron chi connectivity index (χ0n) is 15.7. The van der Waals surface area contributed by atoms with Gasteiger partial charge in [-0.25, -0.2) is 0 Å². The number of thioether (sulfide) groups is 1. The fourth-order valence-electron chi connectivity index (χ4n) is 2.83. The third kappa shape index (κ3) is 6.24. The topological polar surface area (TPSA) is 20.3 Å². The summed E-state index contributed by atoms with van der Waals surface area (Å²) in [5, 5.41) is -0.207. The zero-order valence-corrected chi connectivity index (χ0v) is 16.5. The Morgan fingerprint density at radius 3 is 1.80 bits per heavy atom. The van der Waals surface area contributed by atoms with Crippen LogP contribution < -0.4 is 0 Å². The maximum Gasteiger partial charge on any atom is 0.240 e. The smallest absolute Gasteiger partial charge is 0.240 e. The Kier molecular flexibility index (Phi) is 7.57. The molecule has 0 aliphatic heterocycles. The Labute approximate surface area is 156 Å². The Bertz CT molecular complexity index is 630. The maximum absolute atomic E-state index is 13.4. The summed E-state index contributed by atoms with van der Waals surface area (Å²) in [5.74, 6) is 1.13. The number of carbonyl (C=O) groups excluding carboxylic acids is 1. The predicted octanol–water partition coefficient (Wildman–Crippen LogP) is 5.66. The van der Waals surface area contributed by atoms with E-state index in [-0.39, 0.29) is 11.2 Å². The van der Waals surface area contributed by atoms with Gasteiger partial charge in [-0.05, 0) is 29.5 Å². The normalized spacial score (nSPS) is 12.4. The number of hydrogen-bond donors (Lipinski definition) is 0. The van der Waals surface area contributed by atoms with Crippen LogP contribution in [-0.2, 0) is 4.79 Å². The molecule has 0 N–H and O–H groups in total. The lowest BCUT2D eigenvalue weighted by atomic mass is 10.1. The molecule has 1 amide bonds. The van der Waals surface area contributed by atoms with Crippen LogP contribution in [0.3, 0.4) is 0 Å². The molecule has 0 spiro atoms. The molecular weight excluding hydrogens is 326 g/mol. The monoisotopic (exact) mass is 355 g/mol. The molecular formula is C22H29NOS. The summed E-state index contributed by atoms with van der Waals surface area (Å²) in [6.07, 6.45) is 0. The number of benzene rings is 2. The molecule has 0 saturated heterocycles. The van der Waals surface area contributed by atoms with Crippen molar-refractivity contribution in [2.24, 2.45) is 11.8 Å². The Morgan fingerprint density at radius 2 is 1.32 bits per heavy atom. The van der Waals surface area contributed by atoms with Crippen LogP contribution in [0.25, 0.3) is 0 Å². The van der Waals surface area contributed by atoms with Crippen LogP contribution in [0.1, 0.15) is 38.5 Å². The van der Waals surface area contributed by atoms with Gasteiger partial charge in [0.2, 0.25) is 5.91 Å². The van der Waals surface area contributed by atoms with E-state index >= 15 is 0 Å². The van der Waals surface area contributed by atoms with Crippen LogP contribution in [-0.4, -0.2) is 23.9 Å². The molecule has 0 aromatic heterocycles. The molecule has 25 heavy (non-hydrogen) atoms. The van der Waals surface area contributed by atoms with Crippen LogP contribution >= 0.6 is 11.8 Å². The molecule has 0 saturated carbocycles. The summed E-state index contributed by atoms with van der Waals surface area (Å²) >= 11 is 1.64. The highest BCUT2D eigenvalue weighted by Crippen LogP contribution is 2.36. The Morgan fingerprint density at radius 1 is 0.840 bits per heavy atom. The first-order chi connectivity index (χ1) is 12.0. The minimum absolute atomic E-state index is 0.207. The van der Waals surface area contributed by atoms with E-state index in [1.165, 1.54) is 0 Å². The van der Waals surface area contributed by atoms with Crippen LogP contribution in [0.5, 0.6) is 0 Å². The fraction of sp³-hybridized carbons (Fsp3) is 0.409. The summed E-state index contributed by atoms with van der Waals surface area (Å²) in [7, 11) is 0. The van der Waals surface area contributed by atoms with Gasteiger partial charge < -0.3 is 4.90 Å². The van der Waals surface area contributed by atoms with E-state index in [1.807, 2.05) is 41.3 Å². The van der Waals surface area contributed by atoms with Gasteiger partial charge in [-0.15, -0.1) is 11.8 Å². The number of rotatable bonds is 8. The Balaban J connectivity index is 2.30. The van der Waals surface area contributed by atoms with E-state index in [9.17, 15) is 4.79 Å². The van der Waals surface area contributed by atoms with Crippen molar-refractivity contribution in [2.45, 2.75) is 37.8 Å². The zero-order chi connectivity index (χ0) is 18.2. The SMILES string of the molecule is CC(C)CN(CC(C)C)C(=O)[C@H](Sc1ccccc1)c1ccccc1. The van der Waals surface area contributed by atoms with E-state index in [0.29, 0.717) is 11.8 Å². The third-order valence-electron chi connectivity index (χ3n) is 3.81. The maximum atomic E-state index is 13.4. The van der Waals surface area contributed by atoms with E-state index in [4.69, 9.17) is 0 Å². The number of hydrogen-bond acceptors (Lipinski definition) is 2. The first kappa shape index (κ1) is 19.6. The molecule has 0 radical (unpaired) electrons. The summed E-state index contributed by atoms with van der Waals surface area (Å²) in [5.41, 5.74) is 1.07. The van der Waals surface area contributed by atoms with Crippen LogP contribution in [0, 0.1) is 11.8 Å². The van der Waals surface area contributed by atoms with E-state index in [2.05, 4.69) is 52.0 Å². The van der Waals surface area contributed by atoms with Crippen molar-refractivity contribution in [3.63, 3.8) is 0 Å². The van der Waals surface area contributed by atoms with Crippen molar-refractivity contribution in [3.05, 3.63) is 66.2 Å². The molecule has 3 heteroatoms. The van der Waals surface area contributed by atoms with Crippen LogP contribution in [0.15, 0.2) is 65.6 Å². The molecule has 0 bridgehead atoms. The molecule has 0 aliphatic rings. The van der Waals surface area contributed by atoms with Crippen molar-refractivity contribution in [2.75, 3.05) is 13.1 Å². The van der Waals surface area contributed by atoms with Gasteiger partial charge in [-0.3, -0.25) is 4.79 Å². The molecule has 1 atom stereocenters. The van der Waals surface area contributed by atoms with Crippen LogP contribution in [0.2, 0.25) is 0 Å². The second-order valence-corrected chi connectivity index (χ2v) is 8.43. The average molecular weight is 356 g/mol. The molecule has 0 heterocycles.